The van der Waals surface area contributed by atoms with Gasteiger partial charge in [-0.05, 0) is 81.9 Å². The lowest BCUT2D eigenvalue weighted by atomic mass is 10.0. The zero-order valence-corrected chi connectivity index (χ0v) is 21.1. The van der Waals surface area contributed by atoms with Crippen LogP contribution in [0.2, 0.25) is 0 Å². The second kappa shape index (κ2) is 9.37. The first kappa shape index (κ1) is 23.4. The minimum atomic E-state index is -1.47. The van der Waals surface area contributed by atoms with Gasteiger partial charge >= 0.3 is 5.97 Å². The Bertz CT molecular complexity index is 1430. The summed E-state index contributed by atoms with van der Waals surface area (Å²) < 4.78 is 17.7. The number of halogens is 1. The zero-order valence-electron chi connectivity index (χ0n) is 18.7. The molecule has 0 saturated carbocycles. The number of hydrogen-bond acceptors (Lipinski definition) is 8. The molecule has 1 atom stereocenters. The molecule has 3 aromatic carbocycles. The molecule has 0 aliphatic carbocycles. The van der Waals surface area contributed by atoms with E-state index in [0.717, 1.165) is 42.9 Å². The molecule has 180 valence electrons. The number of aliphatic carboxylic acids is 1. The van der Waals surface area contributed by atoms with Crippen molar-refractivity contribution in [3.63, 3.8) is 0 Å². The van der Waals surface area contributed by atoms with Crippen LogP contribution in [0, 0.1) is 0 Å². The molecule has 4 N–H and O–H groups in total. The molecule has 1 aliphatic heterocycles. The van der Waals surface area contributed by atoms with E-state index in [0.29, 0.717) is 24.7 Å². The maximum absolute atomic E-state index is 11.5. The normalized spacial score (nSPS) is 14.4. The summed E-state index contributed by atoms with van der Waals surface area (Å²) in [6.45, 7) is 1.98. The number of hydrogen-bond donors (Lipinski definition) is 4. The van der Waals surface area contributed by atoms with Gasteiger partial charge in [0.15, 0.2) is 22.9 Å². The number of aromatic nitrogens is 1. The summed E-state index contributed by atoms with van der Waals surface area (Å²) in [5.74, 6) is 1.04. The fourth-order valence-corrected chi connectivity index (χ4v) is 5.14. The van der Waals surface area contributed by atoms with Gasteiger partial charge in [-0.15, -0.1) is 0 Å². The second-order valence-electron chi connectivity index (χ2n) is 8.31. The fourth-order valence-electron chi connectivity index (χ4n) is 3.77. The molecule has 0 spiro atoms. The number of aliphatic hydroxyl groups is 1. The van der Waals surface area contributed by atoms with E-state index in [1.165, 1.54) is 18.5 Å². The highest BCUT2D eigenvalue weighted by molar-refractivity contribution is 9.10. The maximum Gasteiger partial charge on any atom is 0.331 e. The quantitative estimate of drug-likeness (QED) is 0.237. The Morgan fingerprint density at radius 3 is 2.71 bits per heavy atom. The summed E-state index contributed by atoms with van der Waals surface area (Å²) in [5, 5.41) is 26.1. The Kier molecular flexibility index (Phi) is 6.26. The van der Waals surface area contributed by atoms with Gasteiger partial charge in [-0.2, -0.15) is 4.37 Å². The van der Waals surface area contributed by atoms with Gasteiger partial charge in [0, 0.05) is 15.5 Å². The number of nitrogens with zero attached hydrogens (tertiary/aromatic N) is 1. The number of carboxylic acids is 1. The molecule has 0 fully saturated rings. The number of anilines is 3. The molecule has 0 amide bonds. The Labute approximate surface area is 213 Å². The molecule has 10 heteroatoms. The summed E-state index contributed by atoms with van der Waals surface area (Å²) in [5.41, 5.74) is 1.96. The van der Waals surface area contributed by atoms with E-state index in [-0.39, 0.29) is 0 Å². The number of aliphatic hydroxyl groups excluding tert-OH is 1. The summed E-state index contributed by atoms with van der Waals surface area (Å²) in [6.07, 6.45) is 0. The lowest BCUT2D eigenvalue weighted by Crippen LogP contribution is -2.46. The van der Waals surface area contributed by atoms with Crippen LogP contribution in [0.15, 0.2) is 59.1 Å². The molecule has 8 nitrogen and oxygen atoms in total. The van der Waals surface area contributed by atoms with E-state index in [4.69, 9.17) is 9.47 Å². The van der Waals surface area contributed by atoms with Gasteiger partial charge in [0.25, 0.3) is 0 Å². The van der Waals surface area contributed by atoms with E-state index in [9.17, 15) is 15.0 Å². The molecule has 2 heterocycles. The predicted octanol–water partition coefficient (Wildman–Crippen LogP) is 5.49. The molecule has 0 saturated heterocycles. The van der Waals surface area contributed by atoms with Crippen molar-refractivity contribution in [3.05, 3.63) is 59.1 Å². The number of rotatable bonds is 7. The van der Waals surface area contributed by atoms with Crippen LogP contribution in [0.5, 0.6) is 11.5 Å². The van der Waals surface area contributed by atoms with Crippen molar-refractivity contribution in [3.8, 4) is 22.6 Å². The van der Waals surface area contributed by atoms with Crippen molar-refractivity contribution in [1.82, 2.24) is 4.37 Å². The third-order valence-corrected chi connectivity index (χ3v) is 7.45. The Balaban J connectivity index is 1.42. The monoisotopic (exact) mass is 555 g/mol. The second-order valence-corrected chi connectivity index (χ2v) is 9.91. The average Bonchev–Trinajstić information content (AvgIpc) is 3.26. The summed E-state index contributed by atoms with van der Waals surface area (Å²) in [7, 11) is 0. The highest BCUT2D eigenvalue weighted by atomic mass is 79.9. The third-order valence-electron chi connectivity index (χ3n) is 5.79. The first-order valence-electron chi connectivity index (χ1n) is 10.9. The number of ether oxygens (including phenoxy) is 2. The molecular weight excluding hydrogens is 534 g/mol. The van der Waals surface area contributed by atoms with Gasteiger partial charge in [-0.25, -0.2) is 4.79 Å². The highest BCUT2D eigenvalue weighted by Gasteiger charge is 2.32. The van der Waals surface area contributed by atoms with Gasteiger partial charge in [0.2, 0.25) is 0 Å². The van der Waals surface area contributed by atoms with Crippen LogP contribution in [-0.4, -0.2) is 45.9 Å². The van der Waals surface area contributed by atoms with Gasteiger partial charge in [-0.3, -0.25) is 0 Å². The summed E-state index contributed by atoms with van der Waals surface area (Å²) in [4.78, 5) is 11.5. The molecule has 0 bridgehead atoms. The van der Waals surface area contributed by atoms with Crippen molar-refractivity contribution in [2.45, 2.75) is 12.5 Å². The first-order valence-corrected chi connectivity index (χ1v) is 12.4. The molecule has 4 aromatic rings. The lowest BCUT2D eigenvalue weighted by molar-refractivity contribution is -0.143. The Morgan fingerprint density at radius 2 is 1.94 bits per heavy atom. The summed E-state index contributed by atoms with van der Waals surface area (Å²) in [6, 6.07) is 17.3. The van der Waals surface area contributed by atoms with Crippen LogP contribution in [0.4, 0.5) is 17.2 Å². The minimum Gasteiger partial charge on any atom is -0.486 e. The third kappa shape index (κ3) is 4.52. The minimum absolute atomic E-state index is 0.531. The van der Waals surface area contributed by atoms with Crippen molar-refractivity contribution < 1.29 is 24.5 Å². The first-order chi connectivity index (χ1) is 16.9. The molecule has 1 aliphatic rings. The van der Waals surface area contributed by atoms with E-state index < -0.39 is 18.1 Å². The number of carboxylic acid groups (broad SMARTS) is 1. The standard InChI is InChI=1S/C25H22BrN3O5S/c1-25(13-30,24(31)32)28-15-6-7-17-21(12-15)35-29-23(17)27-18-4-2-3-16(22(18)26)14-5-8-19-20(11-14)34-10-9-33-19/h2-8,11-12,28,30H,9-10,13H2,1H3,(H,27,29)(H,31,32). The Morgan fingerprint density at radius 1 is 1.14 bits per heavy atom. The molecule has 0 radical (unpaired) electrons. The van der Waals surface area contributed by atoms with Gasteiger partial charge in [-0.1, -0.05) is 18.2 Å². The van der Waals surface area contributed by atoms with E-state index in [1.807, 2.05) is 48.5 Å². The molecule has 1 aromatic heterocycles. The lowest BCUT2D eigenvalue weighted by Gasteiger charge is -2.24. The molecule has 5 rings (SSSR count). The van der Waals surface area contributed by atoms with Crippen LogP contribution in [-0.2, 0) is 4.79 Å². The predicted molar refractivity (Wildman–Crippen MR) is 140 cm³/mol. The molecule has 35 heavy (non-hydrogen) atoms. The van der Waals surface area contributed by atoms with Gasteiger partial charge in [0.05, 0.1) is 17.0 Å². The van der Waals surface area contributed by atoms with Gasteiger partial charge in [0.1, 0.15) is 13.2 Å². The van der Waals surface area contributed by atoms with Crippen molar-refractivity contribution in [2.75, 3.05) is 30.5 Å². The van der Waals surface area contributed by atoms with Crippen molar-refractivity contribution >= 4 is 60.7 Å². The van der Waals surface area contributed by atoms with Crippen LogP contribution in [0.1, 0.15) is 6.92 Å². The average molecular weight is 556 g/mol. The number of benzene rings is 3. The SMILES string of the molecule is CC(CO)(Nc1ccc2c(Nc3cccc(-c4ccc5c(c4)OCCO5)c3Br)nsc2c1)C(=O)O. The zero-order chi connectivity index (χ0) is 24.6. The molecule has 1 unspecified atom stereocenters. The topological polar surface area (TPSA) is 113 Å². The van der Waals surface area contributed by atoms with Gasteiger partial charge < -0.3 is 30.3 Å². The Hall–Kier alpha value is -3.34. The molecular formula is C25H22BrN3O5S. The van der Waals surface area contributed by atoms with Crippen LogP contribution in [0.3, 0.4) is 0 Å². The van der Waals surface area contributed by atoms with Crippen LogP contribution >= 0.6 is 27.5 Å². The smallest absolute Gasteiger partial charge is 0.331 e. The van der Waals surface area contributed by atoms with Crippen molar-refractivity contribution in [2.24, 2.45) is 0 Å². The van der Waals surface area contributed by atoms with E-state index in [1.54, 1.807) is 6.07 Å². The number of carbonyl (C=O) groups is 1. The number of fused-ring (bicyclic) bond motifs is 2. The van der Waals surface area contributed by atoms with E-state index >= 15 is 0 Å². The number of nitrogens with one attached hydrogen (secondary N) is 2. The van der Waals surface area contributed by atoms with Crippen LogP contribution in [0.25, 0.3) is 21.2 Å². The fraction of sp³-hybridized carbons (Fsp3) is 0.200. The largest absolute Gasteiger partial charge is 0.486 e. The van der Waals surface area contributed by atoms with Crippen molar-refractivity contribution in [1.29, 1.82) is 0 Å². The maximum atomic E-state index is 11.5. The van der Waals surface area contributed by atoms with E-state index in [2.05, 4.69) is 30.9 Å². The summed E-state index contributed by atoms with van der Waals surface area (Å²) >= 11 is 5.04. The highest BCUT2D eigenvalue weighted by Crippen LogP contribution is 2.41. The van der Waals surface area contributed by atoms with Crippen LogP contribution < -0.4 is 20.1 Å².